The largest absolute Gasteiger partial charge is 0.381 e. The zero-order chi connectivity index (χ0) is 9.68. The molecule has 1 aliphatic rings. The van der Waals surface area contributed by atoms with Crippen LogP contribution in [0.25, 0.3) is 0 Å². The van der Waals surface area contributed by atoms with E-state index >= 15 is 0 Å². The highest BCUT2D eigenvalue weighted by Crippen LogP contribution is 2.19. The summed E-state index contributed by atoms with van der Waals surface area (Å²) >= 11 is 0. The van der Waals surface area contributed by atoms with Gasteiger partial charge in [-0.25, -0.2) is 0 Å². The Balaban J connectivity index is 2.20. The second-order valence-corrected chi connectivity index (χ2v) is 3.62. The molecule has 1 aliphatic heterocycles. The summed E-state index contributed by atoms with van der Waals surface area (Å²) in [5.41, 5.74) is 11.0. The molecule has 0 spiro atoms. The van der Waals surface area contributed by atoms with Crippen molar-refractivity contribution in [3.8, 4) is 0 Å². The second-order valence-electron chi connectivity index (χ2n) is 3.62. The zero-order valence-corrected chi connectivity index (χ0v) is 7.87. The van der Waals surface area contributed by atoms with E-state index < -0.39 is 0 Å². The van der Waals surface area contributed by atoms with E-state index in [2.05, 4.69) is 0 Å². The normalized spacial score (nSPS) is 21.3. The van der Waals surface area contributed by atoms with Gasteiger partial charge in [0.2, 0.25) is 5.91 Å². The van der Waals surface area contributed by atoms with E-state index in [-0.39, 0.29) is 11.9 Å². The summed E-state index contributed by atoms with van der Waals surface area (Å²) in [6.07, 6.45) is 3.14. The van der Waals surface area contributed by atoms with Gasteiger partial charge in [-0.15, -0.1) is 0 Å². The van der Waals surface area contributed by atoms with Crippen LogP contribution >= 0.6 is 0 Å². The third-order valence-corrected chi connectivity index (χ3v) is 2.60. The first kappa shape index (κ1) is 10.5. The average Bonchev–Trinajstić information content (AvgIpc) is 2.15. The molecule has 1 fully saturated rings. The summed E-state index contributed by atoms with van der Waals surface area (Å²) in [5, 5.41) is 0. The molecule has 0 aromatic heterocycles. The minimum Gasteiger partial charge on any atom is -0.381 e. The molecule has 13 heavy (non-hydrogen) atoms. The lowest BCUT2D eigenvalue weighted by atomic mass is 9.89. The van der Waals surface area contributed by atoms with Crippen molar-refractivity contribution >= 4 is 5.91 Å². The predicted octanol–water partition coefficient (Wildman–Crippen LogP) is 0.00580. The third kappa shape index (κ3) is 3.74. The van der Waals surface area contributed by atoms with Gasteiger partial charge in [0.05, 0.1) is 0 Å². The molecule has 4 N–H and O–H groups in total. The van der Waals surface area contributed by atoms with Crippen LogP contribution in [0.1, 0.15) is 25.7 Å². The average molecular weight is 186 g/mol. The number of carbonyl (C=O) groups excluding carboxylic acids is 1. The number of amides is 1. The molecule has 1 unspecified atom stereocenters. The van der Waals surface area contributed by atoms with Crippen LogP contribution in [0.5, 0.6) is 0 Å². The van der Waals surface area contributed by atoms with Crippen LogP contribution < -0.4 is 11.5 Å². The summed E-state index contributed by atoms with van der Waals surface area (Å²) in [6, 6.07) is 0.108. The number of rotatable bonds is 4. The van der Waals surface area contributed by atoms with E-state index in [1.165, 1.54) is 0 Å². The van der Waals surface area contributed by atoms with Crippen LogP contribution in [0, 0.1) is 5.92 Å². The van der Waals surface area contributed by atoms with Crippen molar-refractivity contribution in [1.29, 1.82) is 0 Å². The molecule has 0 aromatic rings. The first-order chi connectivity index (χ1) is 6.20. The lowest BCUT2D eigenvalue weighted by molar-refractivity contribution is -0.118. The molecule has 1 heterocycles. The molecule has 1 atom stereocenters. The Morgan fingerprint density at radius 2 is 2.08 bits per heavy atom. The van der Waals surface area contributed by atoms with Crippen molar-refractivity contribution in [3.05, 3.63) is 0 Å². The van der Waals surface area contributed by atoms with Crippen molar-refractivity contribution in [3.63, 3.8) is 0 Å². The van der Waals surface area contributed by atoms with Gasteiger partial charge in [-0.2, -0.15) is 0 Å². The van der Waals surface area contributed by atoms with E-state index in [1.807, 2.05) is 0 Å². The quantitative estimate of drug-likeness (QED) is 0.649. The van der Waals surface area contributed by atoms with Crippen molar-refractivity contribution in [1.82, 2.24) is 0 Å². The summed E-state index contributed by atoms with van der Waals surface area (Å²) in [4.78, 5) is 10.5. The van der Waals surface area contributed by atoms with Crippen LogP contribution in [-0.4, -0.2) is 25.2 Å². The molecular weight excluding hydrogens is 168 g/mol. The smallest absolute Gasteiger partial charge is 0.217 e. The third-order valence-electron chi connectivity index (χ3n) is 2.60. The SMILES string of the molecule is NC(=O)CCC(N)C1CCOCC1. The van der Waals surface area contributed by atoms with Gasteiger partial charge >= 0.3 is 0 Å². The first-order valence-corrected chi connectivity index (χ1v) is 4.82. The van der Waals surface area contributed by atoms with Crippen molar-refractivity contribution < 1.29 is 9.53 Å². The zero-order valence-electron chi connectivity index (χ0n) is 7.87. The maximum atomic E-state index is 10.5. The van der Waals surface area contributed by atoms with E-state index in [1.54, 1.807) is 0 Å². The van der Waals surface area contributed by atoms with Gasteiger partial charge in [0.15, 0.2) is 0 Å². The monoisotopic (exact) mass is 186 g/mol. The minimum atomic E-state index is -0.262. The van der Waals surface area contributed by atoms with Crippen LogP contribution in [0.15, 0.2) is 0 Å². The second kappa shape index (κ2) is 5.19. The Morgan fingerprint density at radius 3 is 2.62 bits per heavy atom. The molecule has 76 valence electrons. The van der Waals surface area contributed by atoms with Gasteiger partial charge < -0.3 is 16.2 Å². The van der Waals surface area contributed by atoms with E-state index in [0.717, 1.165) is 26.1 Å². The Bertz CT molecular complexity index is 167. The number of hydrogen-bond acceptors (Lipinski definition) is 3. The highest BCUT2D eigenvalue weighted by molar-refractivity contribution is 5.73. The number of carbonyl (C=O) groups is 1. The molecule has 0 bridgehead atoms. The van der Waals surface area contributed by atoms with Crippen molar-refractivity contribution in [2.45, 2.75) is 31.7 Å². The Morgan fingerprint density at radius 1 is 1.46 bits per heavy atom. The van der Waals surface area contributed by atoms with E-state index in [4.69, 9.17) is 16.2 Å². The fraction of sp³-hybridized carbons (Fsp3) is 0.889. The standard InChI is InChI=1S/C9H18N2O2/c10-8(1-2-9(11)12)7-3-5-13-6-4-7/h7-8H,1-6,10H2,(H2,11,12). The van der Waals surface area contributed by atoms with Gasteiger partial charge in [-0.05, 0) is 25.2 Å². The number of nitrogens with two attached hydrogens (primary N) is 2. The summed E-state index contributed by atoms with van der Waals surface area (Å²) in [5.74, 6) is 0.246. The highest BCUT2D eigenvalue weighted by Gasteiger charge is 2.20. The van der Waals surface area contributed by atoms with Gasteiger partial charge in [0.1, 0.15) is 0 Å². The van der Waals surface area contributed by atoms with Crippen molar-refractivity contribution in [2.24, 2.45) is 17.4 Å². The maximum absolute atomic E-state index is 10.5. The number of hydrogen-bond donors (Lipinski definition) is 2. The van der Waals surface area contributed by atoms with E-state index in [9.17, 15) is 4.79 Å². The molecular formula is C9H18N2O2. The highest BCUT2D eigenvalue weighted by atomic mass is 16.5. The molecule has 1 amide bonds. The Labute approximate surface area is 78.6 Å². The van der Waals surface area contributed by atoms with Crippen molar-refractivity contribution in [2.75, 3.05) is 13.2 Å². The van der Waals surface area contributed by atoms with Gasteiger partial charge in [0, 0.05) is 25.7 Å². The molecule has 4 heteroatoms. The number of primary amides is 1. The van der Waals surface area contributed by atoms with Crippen LogP contribution in [-0.2, 0) is 9.53 Å². The molecule has 4 nitrogen and oxygen atoms in total. The van der Waals surface area contributed by atoms with Gasteiger partial charge in [-0.1, -0.05) is 0 Å². The lowest BCUT2D eigenvalue weighted by Gasteiger charge is -2.27. The van der Waals surface area contributed by atoms with E-state index in [0.29, 0.717) is 18.8 Å². The molecule has 0 aromatic carbocycles. The Kier molecular flexibility index (Phi) is 4.18. The summed E-state index contributed by atoms with van der Waals surface area (Å²) < 4.78 is 5.23. The van der Waals surface area contributed by atoms with Crippen LogP contribution in [0.3, 0.4) is 0 Å². The summed E-state index contributed by atoms with van der Waals surface area (Å²) in [7, 11) is 0. The maximum Gasteiger partial charge on any atom is 0.217 e. The Hall–Kier alpha value is -0.610. The molecule has 0 radical (unpaired) electrons. The van der Waals surface area contributed by atoms with Crippen LogP contribution in [0.4, 0.5) is 0 Å². The number of ether oxygens (including phenoxy) is 1. The molecule has 0 saturated carbocycles. The fourth-order valence-corrected chi connectivity index (χ4v) is 1.69. The van der Waals surface area contributed by atoms with Gasteiger partial charge in [0.25, 0.3) is 0 Å². The fourth-order valence-electron chi connectivity index (χ4n) is 1.69. The molecule has 0 aliphatic carbocycles. The predicted molar refractivity (Wildman–Crippen MR) is 49.9 cm³/mol. The lowest BCUT2D eigenvalue weighted by Crippen LogP contribution is -2.35. The summed E-state index contributed by atoms with van der Waals surface area (Å²) in [6.45, 7) is 1.60. The topological polar surface area (TPSA) is 78.3 Å². The van der Waals surface area contributed by atoms with Crippen LogP contribution in [0.2, 0.25) is 0 Å². The molecule has 1 saturated heterocycles. The molecule has 1 rings (SSSR count). The minimum absolute atomic E-state index is 0.108. The first-order valence-electron chi connectivity index (χ1n) is 4.82. The van der Waals surface area contributed by atoms with Gasteiger partial charge in [-0.3, -0.25) is 4.79 Å².